The second-order valence-corrected chi connectivity index (χ2v) is 3.97. The average Bonchev–Trinajstić information content (AvgIpc) is 2.63. The van der Waals surface area contributed by atoms with Gasteiger partial charge in [-0.2, -0.15) is 4.98 Å². The lowest BCUT2D eigenvalue weighted by molar-refractivity contribution is 0.389. The number of hydrogen-bond donors (Lipinski definition) is 0. The van der Waals surface area contributed by atoms with E-state index < -0.39 is 0 Å². The van der Waals surface area contributed by atoms with Gasteiger partial charge in [0.05, 0.1) is 5.75 Å². The lowest BCUT2D eigenvalue weighted by atomic mass is 10.3. The lowest BCUT2D eigenvalue weighted by Crippen LogP contribution is -1.85. The molecule has 0 unspecified atom stereocenters. The maximum atomic E-state index is 13.2. The fourth-order valence-corrected chi connectivity index (χ4v) is 1.89. The molecule has 78 valence electrons. The summed E-state index contributed by atoms with van der Waals surface area (Å²) in [4.78, 5) is 4.63. The van der Waals surface area contributed by atoms with Crippen LogP contribution >= 0.6 is 11.8 Å². The summed E-state index contributed by atoms with van der Waals surface area (Å²) >= 11 is 1.35. The quantitative estimate of drug-likeness (QED) is 0.751. The van der Waals surface area contributed by atoms with Crippen molar-refractivity contribution in [2.75, 3.05) is 0 Å². The maximum Gasteiger partial charge on any atom is 0.223 e. The second-order valence-electron chi connectivity index (χ2n) is 2.95. The zero-order valence-corrected chi connectivity index (χ0v) is 8.92. The number of aryl methyl sites for hydroxylation is 1. The first-order chi connectivity index (χ1) is 7.25. The van der Waals surface area contributed by atoms with E-state index in [1.165, 1.54) is 17.8 Å². The highest BCUT2D eigenvalue weighted by Gasteiger charge is 2.05. The van der Waals surface area contributed by atoms with E-state index in [1.807, 2.05) is 0 Å². The van der Waals surface area contributed by atoms with Crippen molar-refractivity contribution >= 4 is 11.8 Å². The summed E-state index contributed by atoms with van der Waals surface area (Å²) in [5.74, 6) is 1.40. The smallest absolute Gasteiger partial charge is 0.223 e. The molecule has 0 spiro atoms. The van der Waals surface area contributed by atoms with Gasteiger partial charge in [-0.15, -0.1) is 11.8 Å². The number of hydrogen-bond acceptors (Lipinski definition) is 4. The van der Waals surface area contributed by atoms with Crippen LogP contribution in [0.2, 0.25) is 0 Å². The predicted molar refractivity (Wildman–Crippen MR) is 55.0 cm³/mol. The van der Waals surface area contributed by atoms with Gasteiger partial charge in [0.2, 0.25) is 5.89 Å². The summed E-state index contributed by atoms with van der Waals surface area (Å²) in [6.07, 6.45) is 0. The normalized spacial score (nSPS) is 10.5. The molecular weight excluding hydrogens is 215 g/mol. The van der Waals surface area contributed by atoms with Gasteiger partial charge < -0.3 is 4.52 Å². The Morgan fingerprint density at radius 2 is 2.20 bits per heavy atom. The monoisotopic (exact) mass is 224 g/mol. The van der Waals surface area contributed by atoms with E-state index in [-0.39, 0.29) is 5.82 Å². The van der Waals surface area contributed by atoms with Gasteiger partial charge in [0.1, 0.15) is 5.82 Å². The Bertz CT molecular complexity index is 458. The fraction of sp³-hybridized carbons (Fsp3) is 0.200. The highest BCUT2D eigenvalue weighted by molar-refractivity contribution is 7.98. The summed E-state index contributed by atoms with van der Waals surface area (Å²) < 4.78 is 18.0. The van der Waals surface area contributed by atoms with E-state index in [9.17, 15) is 4.39 Å². The predicted octanol–water partition coefficient (Wildman–Crippen LogP) is 2.81. The number of halogens is 1. The van der Waals surface area contributed by atoms with Crippen LogP contribution in [0, 0.1) is 12.7 Å². The standard InChI is InChI=1S/C10H9FN2OS/c1-7-12-10(13-14-7)6-15-9-5-3-2-4-8(9)11/h2-5H,6H2,1H3. The number of nitrogens with zero attached hydrogens (tertiary/aromatic N) is 2. The van der Waals surface area contributed by atoms with E-state index in [1.54, 1.807) is 25.1 Å². The topological polar surface area (TPSA) is 38.9 Å². The number of benzene rings is 1. The van der Waals surface area contributed by atoms with Gasteiger partial charge in [-0.25, -0.2) is 4.39 Å². The van der Waals surface area contributed by atoms with E-state index in [0.29, 0.717) is 22.4 Å². The van der Waals surface area contributed by atoms with Crippen LogP contribution in [0.3, 0.4) is 0 Å². The molecule has 1 heterocycles. The first-order valence-electron chi connectivity index (χ1n) is 4.42. The van der Waals surface area contributed by atoms with Crippen molar-refractivity contribution < 1.29 is 8.91 Å². The minimum absolute atomic E-state index is 0.220. The summed E-state index contributed by atoms with van der Waals surface area (Å²) in [5.41, 5.74) is 0. The van der Waals surface area contributed by atoms with Crippen LogP contribution in [0.25, 0.3) is 0 Å². The molecule has 1 aromatic heterocycles. The summed E-state index contributed by atoms with van der Waals surface area (Å²) in [6, 6.07) is 6.63. The first-order valence-corrected chi connectivity index (χ1v) is 5.41. The second kappa shape index (κ2) is 4.44. The molecule has 0 aliphatic carbocycles. The maximum absolute atomic E-state index is 13.2. The molecule has 0 atom stereocenters. The van der Waals surface area contributed by atoms with Crippen molar-refractivity contribution in [1.29, 1.82) is 0 Å². The summed E-state index contributed by atoms with van der Waals surface area (Å²) in [5, 5.41) is 3.73. The molecule has 15 heavy (non-hydrogen) atoms. The molecule has 0 bridgehead atoms. The van der Waals surface area contributed by atoms with Gasteiger partial charge in [0.15, 0.2) is 5.82 Å². The van der Waals surface area contributed by atoms with E-state index in [4.69, 9.17) is 4.52 Å². The van der Waals surface area contributed by atoms with Crippen molar-refractivity contribution in [1.82, 2.24) is 10.1 Å². The lowest BCUT2D eigenvalue weighted by Gasteiger charge is -1.98. The molecule has 3 nitrogen and oxygen atoms in total. The van der Waals surface area contributed by atoms with Gasteiger partial charge in [-0.05, 0) is 12.1 Å². The Hall–Kier alpha value is -1.36. The van der Waals surface area contributed by atoms with Crippen molar-refractivity contribution in [3.05, 3.63) is 41.8 Å². The minimum Gasteiger partial charge on any atom is -0.340 e. The Morgan fingerprint density at radius 1 is 1.40 bits per heavy atom. The summed E-state index contributed by atoms with van der Waals surface area (Å²) in [6.45, 7) is 1.73. The Labute approximate surface area is 90.7 Å². The van der Waals surface area contributed by atoms with Crippen LogP contribution in [0.4, 0.5) is 4.39 Å². The van der Waals surface area contributed by atoms with E-state index in [0.717, 1.165) is 0 Å². The third-order valence-electron chi connectivity index (χ3n) is 1.76. The highest BCUT2D eigenvalue weighted by atomic mass is 32.2. The van der Waals surface area contributed by atoms with Crippen molar-refractivity contribution in [2.45, 2.75) is 17.6 Å². The van der Waals surface area contributed by atoms with Crippen molar-refractivity contribution in [3.8, 4) is 0 Å². The molecule has 0 aliphatic heterocycles. The largest absolute Gasteiger partial charge is 0.340 e. The third-order valence-corrected chi connectivity index (χ3v) is 2.81. The molecular formula is C10H9FN2OS. The van der Waals surface area contributed by atoms with Crippen LogP contribution in [-0.4, -0.2) is 10.1 Å². The minimum atomic E-state index is -0.220. The van der Waals surface area contributed by atoms with Crippen molar-refractivity contribution in [3.63, 3.8) is 0 Å². The molecule has 0 N–H and O–H groups in total. The number of rotatable bonds is 3. The van der Waals surface area contributed by atoms with Crippen LogP contribution in [0.5, 0.6) is 0 Å². The molecule has 0 saturated heterocycles. The van der Waals surface area contributed by atoms with Crippen LogP contribution in [-0.2, 0) is 5.75 Å². The fourth-order valence-electron chi connectivity index (χ4n) is 1.10. The van der Waals surface area contributed by atoms with Gasteiger partial charge >= 0.3 is 0 Å². The van der Waals surface area contributed by atoms with Gasteiger partial charge in [-0.3, -0.25) is 0 Å². The van der Waals surface area contributed by atoms with E-state index in [2.05, 4.69) is 10.1 Å². The zero-order valence-electron chi connectivity index (χ0n) is 8.11. The van der Waals surface area contributed by atoms with Crippen LogP contribution in [0.1, 0.15) is 11.7 Å². The molecule has 0 saturated carbocycles. The van der Waals surface area contributed by atoms with Gasteiger partial charge in [0.25, 0.3) is 0 Å². The molecule has 0 aliphatic rings. The Balaban J connectivity index is 2.02. The molecule has 2 rings (SSSR count). The Morgan fingerprint density at radius 3 is 2.87 bits per heavy atom. The van der Waals surface area contributed by atoms with E-state index >= 15 is 0 Å². The van der Waals surface area contributed by atoms with Crippen LogP contribution in [0.15, 0.2) is 33.7 Å². The summed E-state index contributed by atoms with van der Waals surface area (Å²) in [7, 11) is 0. The number of thioether (sulfide) groups is 1. The first kappa shape index (κ1) is 10.2. The highest BCUT2D eigenvalue weighted by Crippen LogP contribution is 2.23. The average molecular weight is 224 g/mol. The Kier molecular flexibility index (Phi) is 3.01. The van der Waals surface area contributed by atoms with Gasteiger partial charge in [-0.1, -0.05) is 17.3 Å². The molecule has 2 aromatic rings. The molecule has 0 amide bonds. The SMILES string of the molecule is Cc1nc(CSc2ccccc2F)no1. The molecule has 1 aromatic carbocycles. The van der Waals surface area contributed by atoms with Crippen LogP contribution < -0.4 is 0 Å². The van der Waals surface area contributed by atoms with Gasteiger partial charge in [0, 0.05) is 11.8 Å². The van der Waals surface area contributed by atoms with Crippen molar-refractivity contribution in [2.24, 2.45) is 0 Å². The molecule has 0 fully saturated rings. The molecule has 5 heteroatoms. The zero-order chi connectivity index (χ0) is 10.7. The number of aromatic nitrogens is 2. The third kappa shape index (κ3) is 2.56. The molecule has 0 radical (unpaired) electrons.